The molecular weight excluding hydrogens is 402 g/mol. The first kappa shape index (κ1) is 20.8. The van der Waals surface area contributed by atoms with Gasteiger partial charge in [-0.15, -0.1) is 0 Å². The SMILES string of the molecule is CC(=O)N(CC1CC1)c1ccc(-c2ccc(C(=O)NCC3CCOC3)cn2)cc1Cl. The Balaban J connectivity index is 1.43. The molecule has 158 valence electrons. The second-order valence-electron chi connectivity index (χ2n) is 8.11. The fourth-order valence-electron chi connectivity index (χ4n) is 3.62. The molecule has 1 N–H and O–H groups in total. The second kappa shape index (κ2) is 9.14. The maximum absolute atomic E-state index is 12.3. The molecule has 0 radical (unpaired) electrons. The molecule has 1 aliphatic carbocycles. The lowest BCUT2D eigenvalue weighted by Crippen LogP contribution is -2.30. The highest BCUT2D eigenvalue weighted by Gasteiger charge is 2.27. The summed E-state index contributed by atoms with van der Waals surface area (Å²) >= 11 is 6.51. The van der Waals surface area contributed by atoms with E-state index in [9.17, 15) is 9.59 Å². The van der Waals surface area contributed by atoms with Crippen molar-refractivity contribution in [3.63, 3.8) is 0 Å². The lowest BCUT2D eigenvalue weighted by atomic mass is 10.1. The molecule has 7 heteroatoms. The third-order valence-corrected chi connectivity index (χ3v) is 5.96. The fourth-order valence-corrected chi connectivity index (χ4v) is 3.91. The van der Waals surface area contributed by atoms with Gasteiger partial charge in [0.1, 0.15) is 0 Å². The van der Waals surface area contributed by atoms with Crippen molar-refractivity contribution < 1.29 is 14.3 Å². The average molecular weight is 428 g/mol. The van der Waals surface area contributed by atoms with Gasteiger partial charge in [-0.3, -0.25) is 14.6 Å². The summed E-state index contributed by atoms with van der Waals surface area (Å²) in [6, 6.07) is 9.17. The van der Waals surface area contributed by atoms with Crippen molar-refractivity contribution in [2.24, 2.45) is 11.8 Å². The van der Waals surface area contributed by atoms with Crippen LogP contribution in [0.2, 0.25) is 5.02 Å². The van der Waals surface area contributed by atoms with E-state index in [0.29, 0.717) is 42.1 Å². The predicted molar refractivity (Wildman–Crippen MR) is 117 cm³/mol. The normalized spacial score (nSPS) is 18.3. The van der Waals surface area contributed by atoms with E-state index < -0.39 is 0 Å². The molecule has 1 aromatic heterocycles. The molecule has 1 unspecified atom stereocenters. The molecule has 1 aliphatic heterocycles. The standard InChI is InChI=1S/C23H26ClN3O3/c1-15(28)27(13-16-2-3-16)22-7-5-18(10-20(22)24)21-6-4-19(12-25-21)23(29)26-11-17-8-9-30-14-17/h4-7,10,12,16-17H,2-3,8-9,11,13-14H2,1H3,(H,26,29). The number of ether oxygens (including phenoxy) is 1. The first-order valence-electron chi connectivity index (χ1n) is 10.4. The van der Waals surface area contributed by atoms with Gasteiger partial charge in [-0.1, -0.05) is 17.7 Å². The van der Waals surface area contributed by atoms with E-state index in [0.717, 1.165) is 42.8 Å². The van der Waals surface area contributed by atoms with Crippen molar-refractivity contribution in [1.82, 2.24) is 10.3 Å². The zero-order chi connectivity index (χ0) is 21.1. The van der Waals surface area contributed by atoms with Gasteiger partial charge in [0.05, 0.1) is 28.6 Å². The van der Waals surface area contributed by atoms with Crippen LogP contribution in [-0.4, -0.2) is 43.1 Å². The van der Waals surface area contributed by atoms with E-state index in [1.807, 2.05) is 24.3 Å². The van der Waals surface area contributed by atoms with Crippen molar-refractivity contribution in [2.75, 3.05) is 31.2 Å². The van der Waals surface area contributed by atoms with Crippen LogP contribution >= 0.6 is 11.6 Å². The summed E-state index contributed by atoms with van der Waals surface area (Å²) in [6.07, 6.45) is 4.89. The average Bonchev–Trinajstić information content (AvgIpc) is 3.42. The zero-order valence-corrected chi connectivity index (χ0v) is 17.8. The van der Waals surface area contributed by atoms with Crippen LogP contribution in [0.25, 0.3) is 11.3 Å². The van der Waals surface area contributed by atoms with Crippen LogP contribution in [0.15, 0.2) is 36.5 Å². The molecule has 2 fully saturated rings. The Morgan fingerprint density at radius 1 is 1.20 bits per heavy atom. The van der Waals surface area contributed by atoms with Crippen LogP contribution in [-0.2, 0) is 9.53 Å². The largest absolute Gasteiger partial charge is 0.381 e. The number of hydrogen-bond donors (Lipinski definition) is 1. The van der Waals surface area contributed by atoms with Crippen LogP contribution in [0, 0.1) is 11.8 Å². The molecule has 0 bridgehead atoms. The monoisotopic (exact) mass is 427 g/mol. The number of nitrogens with zero attached hydrogens (tertiary/aromatic N) is 2. The molecule has 6 nitrogen and oxygen atoms in total. The number of amides is 2. The minimum atomic E-state index is -0.133. The fraction of sp³-hybridized carbons (Fsp3) is 0.435. The van der Waals surface area contributed by atoms with Crippen molar-refractivity contribution in [3.8, 4) is 11.3 Å². The minimum absolute atomic E-state index is 0.00536. The molecule has 1 saturated heterocycles. The summed E-state index contributed by atoms with van der Waals surface area (Å²) < 4.78 is 5.33. The van der Waals surface area contributed by atoms with Crippen molar-refractivity contribution in [3.05, 3.63) is 47.1 Å². The molecule has 2 aliphatic rings. The number of pyridine rings is 1. The van der Waals surface area contributed by atoms with Gasteiger partial charge >= 0.3 is 0 Å². The maximum atomic E-state index is 12.3. The van der Waals surface area contributed by atoms with Crippen LogP contribution in [0.4, 0.5) is 5.69 Å². The van der Waals surface area contributed by atoms with E-state index in [2.05, 4.69) is 10.3 Å². The highest BCUT2D eigenvalue weighted by atomic mass is 35.5. The highest BCUT2D eigenvalue weighted by Crippen LogP contribution is 2.35. The number of rotatable bonds is 7. The van der Waals surface area contributed by atoms with Gasteiger partial charge in [-0.25, -0.2) is 0 Å². The Hall–Kier alpha value is -2.44. The number of carbonyl (C=O) groups is 2. The van der Waals surface area contributed by atoms with E-state index in [1.54, 1.807) is 24.1 Å². The zero-order valence-electron chi connectivity index (χ0n) is 17.1. The molecule has 0 spiro atoms. The summed E-state index contributed by atoms with van der Waals surface area (Å²) in [5.41, 5.74) is 2.81. The molecule has 1 atom stereocenters. The second-order valence-corrected chi connectivity index (χ2v) is 8.52. The molecule has 2 amide bonds. The van der Waals surface area contributed by atoms with Gasteiger partial charge in [0.15, 0.2) is 0 Å². The van der Waals surface area contributed by atoms with Crippen LogP contribution < -0.4 is 10.2 Å². The Morgan fingerprint density at radius 2 is 2.03 bits per heavy atom. The Bertz CT molecular complexity index is 922. The van der Waals surface area contributed by atoms with E-state index >= 15 is 0 Å². The molecule has 4 rings (SSSR count). The van der Waals surface area contributed by atoms with E-state index in [1.165, 1.54) is 0 Å². The number of carbonyl (C=O) groups excluding carboxylic acids is 2. The van der Waals surface area contributed by atoms with Gasteiger partial charge in [-0.2, -0.15) is 0 Å². The summed E-state index contributed by atoms with van der Waals surface area (Å²) in [6.45, 7) is 4.37. The third kappa shape index (κ3) is 4.99. The number of anilines is 1. The highest BCUT2D eigenvalue weighted by molar-refractivity contribution is 6.34. The van der Waals surface area contributed by atoms with Crippen LogP contribution in [0.5, 0.6) is 0 Å². The molecule has 30 heavy (non-hydrogen) atoms. The predicted octanol–water partition coefficient (Wildman–Crippen LogP) is 3.93. The van der Waals surface area contributed by atoms with Crippen LogP contribution in [0.1, 0.15) is 36.5 Å². The number of benzene rings is 1. The molecule has 2 aromatic rings. The quantitative estimate of drug-likeness (QED) is 0.726. The van der Waals surface area contributed by atoms with E-state index in [4.69, 9.17) is 16.3 Å². The number of aromatic nitrogens is 1. The molecule has 2 heterocycles. The van der Waals surface area contributed by atoms with Crippen LogP contribution in [0.3, 0.4) is 0 Å². The van der Waals surface area contributed by atoms with Gasteiger partial charge in [0.2, 0.25) is 5.91 Å². The molecule has 1 aromatic carbocycles. The summed E-state index contributed by atoms with van der Waals surface area (Å²) in [5.74, 6) is 0.822. The summed E-state index contributed by atoms with van der Waals surface area (Å²) in [4.78, 5) is 30.6. The van der Waals surface area contributed by atoms with E-state index in [-0.39, 0.29) is 11.8 Å². The molecular formula is C23H26ClN3O3. The molecule has 1 saturated carbocycles. The number of hydrogen-bond acceptors (Lipinski definition) is 4. The Kier molecular flexibility index (Phi) is 6.35. The van der Waals surface area contributed by atoms with Gasteiger partial charge in [0, 0.05) is 44.3 Å². The third-order valence-electron chi connectivity index (χ3n) is 5.65. The Labute approximate surface area is 181 Å². The van der Waals surface area contributed by atoms with Crippen molar-refractivity contribution in [1.29, 1.82) is 0 Å². The van der Waals surface area contributed by atoms with Gasteiger partial charge in [0.25, 0.3) is 5.91 Å². The topological polar surface area (TPSA) is 71.5 Å². The van der Waals surface area contributed by atoms with Gasteiger partial charge < -0.3 is 15.0 Å². The first-order valence-corrected chi connectivity index (χ1v) is 10.8. The van der Waals surface area contributed by atoms with Crippen molar-refractivity contribution >= 4 is 29.1 Å². The summed E-state index contributed by atoms with van der Waals surface area (Å²) in [7, 11) is 0. The first-order chi connectivity index (χ1) is 14.5. The lowest BCUT2D eigenvalue weighted by molar-refractivity contribution is -0.116. The minimum Gasteiger partial charge on any atom is -0.381 e. The lowest BCUT2D eigenvalue weighted by Gasteiger charge is -2.22. The Morgan fingerprint density at radius 3 is 2.63 bits per heavy atom. The smallest absolute Gasteiger partial charge is 0.252 e. The van der Waals surface area contributed by atoms with Gasteiger partial charge in [-0.05, 0) is 49.4 Å². The van der Waals surface area contributed by atoms with Crippen molar-refractivity contribution in [2.45, 2.75) is 26.2 Å². The maximum Gasteiger partial charge on any atom is 0.252 e. The number of nitrogens with one attached hydrogen (secondary N) is 1. The summed E-state index contributed by atoms with van der Waals surface area (Å²) in [5, 5.41) is 3.46. The number of halogens is 1.